The molecule has 204 valence electrons. The lowest BCUT2D eigenvalue weighted by atomic mass is 10.0. The highest BCUT2D eigenvalue weighted by Crippen LogP contribution is 2.22. The molecule has 5 rings (SSSR count). The molecule has 2 N–H and O–H groups in total. The molecule has 8 heteroatoms. The van der Waals surface area contributed by atoms with E-state index >= 15 is 0 Å². The van der Waals surface area contributed by atoms with Gasteiger partial charge in [-0.15, -0.1) is 4.99 Å². The van der Waals surface area contributed by atoms with Crippen LogP contribution in [-0.4, -0.2) is 37.4 Å². The van der Waals surface area contributed by atoms with Crippen LogP contribution in [0.4, 0.5) is 4.79 Å². The quantitative estimate of drug-likeness (QED) is 0.275. The molecular weight excluding hydrogens is 502 g/mol. The van der Waals surface area contributed by atoms with Crippen LogP contribution in [-0.2, 0) is 24.3 Å². The van der Waals surface area contributed by atoms with E-state index < -0.39 is 6.09 Å². The Balaban J connectivity index is 1.60. The first-order valence-electron chi connectivity index (χ1n) is 13.3. The number of aryl methyl sites for hydroxylation is 2. The van der Waals surface area contributed by atoms with E-state index in [9.17, 15) is 14.7 Å². The minimum absolute atomic E-state index is 0.120. The van der Waals surface area contributed by atoms with Crippen LogP contribution in [0.2, 0.25) is 0 Å². The number of rotatable bonds is 9. The van der Waals surface area contributed by atoms with Crippen molar-refractivity contribution in [2.24, 2.45) is 4.99 Å². The summed E-state index contributed by atoms with van der Waals surface area (Å²) >= 11 is 0. The molecule has 8 nitrogen and oxygen atoms in total. The van der Waals surface area contributed by atoms with Crippen LogP contribution >= 0.6 is 0 Å². The number of carboxylic acid groups (broad SMARTS) is 1. The van der Waals surface area contributed by atoms with Crippen molar-refractivity contribution in [1.82, 2.24) is 19.0 Å². The van der Waals surface area contributed by atoms with E-state index in [1.54, 1.807) is 0 Å². The van der Waals surface area contributed by atoms with Crippen molar-refractivity contribution in [3.05, 3.63) is 125 Å². The van der Waals surface area contributed by atoms with E-state index in [2.05, 4.69) is 34.6 Å². The summed E-state index contributed by atoms with van der Waals surface area (Å²) in [5.41, 5.74) is 6.48. The molecule has 0 radical (unpaired) electrons. The minimum atomic E-state index is -1.27. The lowest BCUT2D eigenvalue weighted by Crippen LogP contribution is -2.38. The Labute approximate surface area is 232 Å². The highest BCUT2D eigenvalue weighted by Gasteiger charge is 2.22. The zero-order valence-corrected chi connectivity index (χ0v) is 22.7. The molecule has 1 atom stereocenters. The highest BCUT2D eigenvalue weighted by molar-refractivity contribution is 5.77. The molecule has 0 saturated carbocycles. The number of aromatic nitrogens is 3. The van der Waals surface area contributed by atoms with Crippen LogP contribution in [0.1, 0.15) is 28.3 Å². The van der Waals surface area contributed by atoms with Gasteiger partial charge in [-0.05, 0) is 55.7 Å². The molecule has 1 unspecified atom stereocenters. The summed E-state index contributed by atoms with van der Waals surface area (Å²) in [5.74, 6) is -0.120. The molecule has 0 fully saturated rings. The van der Waals surface area contributed by atoms with Crippen LogP contribution in [0.15, 0.2) is 102 Å². The number of hydrogen-bond donors (Lipinski definition) is 2. The molecule has 0 aliphatic carbocycles. The average Bonchev–Trinajstić information content (AvgIpc) is 3.55. The van der Waals surface area contributed by atoms with E-state index in [-0.39, 0.29) is 18.5 Å². The number of nitrogens with one attached hydrogen (secondary N) is 1. The molecule has 0 spiro atoms. The Hall–Kier alpha value is -4.85. The number of imidazole rings is 1. The Morgan fingerprint density at radius 2 is 1.43 bits per heavy atom. The van der Waals surface area contributed by atoms with Crippen molar-refractivity contribution in [2.45, 2.75) is 39.4 Å². The van der Waals surface area contributed by atoms with Crippen LogP contribution in [0.25, 0.3) is 11.0 Å². The standard InChI is InChI=1S/C32H33N5O3/c1-23-9-13-25(14-10-23)19-27(20-33-30(38)22-35-17-5-6-18-35)37-29-8-4-3-7-28(29)36(31(37)34-32(39)40)21-26-15-11-24(2)12-16-26/h3-18,27H,19-22H2,1-2H3,(H,33,38)(H,39,40). The third-order valence-electron chi connectivity index (χ3n) is 7.03. The maximum Gasteiger partial charge on any atom is 0.434 e. The van der Waals surface area contributed by atoms with Crippen molar-refractivity contribution in [3.8, 4) is 0 Å². The summed E-state index contributed by atoms with van der Waals surface area (Å²) in [5, 5.41) is 12.9. The van der Waals surface area contributed by atoms with E-state index in [0.717, 1.165) is 33.3 Å². The topological polar surface area (TPSA) is 93.6 Å². The predicted molar refractivity (Wildman–Crippen MR) is 155 cm³/mol. The summed E-state index contributed by atoms with van der Waals surface area (Å²) in [4.78, 5) is 29.0. The smallest absolute Gasteiger partial charge is 0.434 e. The fourth-order valence-electron chi connectivity index (χ4n) is 5.01. The Bertz CT molecular complexity index is 1680. The molecule has 2 amide bonds. The number of hydrogen-bond acceptors (Lipinski definition) is 2. The number of benzene rings is 3. The third kappa shape index (κ3) is 6.23. The number of amides is 2. The summed E-state index contributed by atoms with van der Waals surface area (Å²) in [6.45, 7) is 5.04. The fourth-order valence-corrected chi connectivity index (χ4v) is 5.01. The molecule has 0 bridgehead atoms. The zero-order valence-electron chi connectivity index (χ0n) is 22.7. The molecular formula is C32H33N5O3. The SMILES string of the molecule is Cc1ccc(CC(CNC(=O)Cn2cccc2)n2c(=NC(=O)O)n(Cc3ccc(C)cc3)c3ccccc32)cc1. The molecule has 0 saturated heterocycles. The molecule has 0 aliphatic heterocycles. The normalized spacial score (nSPS) is 12.5. The van der Waals surface area contributed by atoms with Gasteiger partial charge in [0.2, 0.25) is 11.5 Å². The maximum atomic E-state index is 12.9. The second-order valence-electron chi connectivity index (χ2n) is 10.1. The van der Waals surface area contributed by atoms with Crippen molar-refractivity contribution < 1.29 is 14.7 Å². The van der Waals surface area contributed by atoms with Gasteiger partial charge in [-0.25, -0.2) is 4.79 Å². The first-order valence-corrected chi connectivity index (χ1v) is 13.3. The largest absolute Gasteiger partial charge is 0.463 e. The van der Waals surface area contributed by atoms with E-state index in [0.29, 0.717) is 25.1 Å². The van der Waals surface area contributed by atoms with Gasteiger partial charge in [0.05, 0.1) is 23.6 Å². The number of fused-ring (bicyclic) bond motifs is 1. The number of carbonyl (C=O) groups excluding carboxylic acids is 1. The highest BCUT2D eigenvalue weighted by atomic mass is 16.4. The van der Waals surface area contributed by atoms with Crippen LogP contribution in [0.3, 0.4) is 0 Å². The van der Waals surface area contributed by atoms with Crippen molar-refractivity contribution in [1.29, 1.82) is 0 Å². The van der Waals surface area contributed by atoms with Gasteiger partial charge in [0.15, 0.2) is 0 Å². The van der Waals surface area contributed by atoms with Gasteiger partial charge in [-0.3, -0.25) is 4.79 Å². The first kappa shape index (κ1) is 26.7. The maximum absolute atomic E-state index is 12.9. The Morgan fingerprint density at radius 3 is 2.05 bits per heavy atom. The summed E-state index contributed by atoms with van der Waals surface area (Å²) < 4.78 is 5.72. The van der Waals surface area contributed by atoms with Crippen molar-refractivity contribution in [3.63, 3.8) is 0 Å². The number of para-hydroxylation sites is 2. The lowest BCUT2D eigenvalue weighted by molar-refractivity contribution is -0.121. The van der Waals surface area contributed by atoms with Crippen molar-refractivity contribution in [2.75, 3.05) is 6.54 Å². The molecule has 2 heterocycles. The van der Waals surface area contributed by atoms with Crippen molar-refractivity contribution >= 4 is 23.0 Å². The second kappa shape index (κ2) is 11.9. The van der Waals surface area contributed by atoms with Gasteiger partial charge in [0.1, 0.15) is 6.54 Å². The summed E-state index contributed by atoms with van der Waals surface area (Å²) in [6, 6.07) is 27.8. The molecule has 5 aromatic rings. The minimum Gasteiger partial charge on any atom is -0.463 e. The second-order valence-corrected chi connectivity index (χ2v) is 10.1. The van der Waals surface area contributed by atoms with Crippen LogP contribution in [0, 0.1) is 13.8 Å². The Morgan fingerprint density at radius 1 is 0.825 bits per heavy atom. The van der Waals surface area contributed by atoms with Gasteiger partial charge in [-0.1, -0.05) is 71.8 Å². The van der Waals surface area contributed by atoms with E-state index in [1.807, 2.05) is 101 Å². The fraction of sp³-hybridized carbons (Fsp3) is 0.219. The molecule has 40 heavy (non-hydrogen) atoms. The van der Waals surface area contributed by atoms with Crippen LogP contribution < -0.4 is 10.9 Å². The lowest BCUT2D eigenvalue weighted by Gasteiger charge is -2.21. The van der Waals surface area contributed by atoms with Gasteiger partial charge in [0, 0.05) is 18.9 Å². The van der Waals surface area contributed by atoms with E-state index in [4.69, 9.17) is 0 Å². The molecule has 3 aromatic carbocycles. The molecule has 0 aliphatic rings. The predicted octanol–water partition coefficient (Wildman–Crippen LogP) is 5.09. The first-order chi connectivity index (χ1) is 19.4. The van der Waals surface area contributed by atoms with E-state index in [1.165, 1.54) is 0 Å². The summed E-state index contributed by atoms with van der Waals surface area (Å²) in [6.07, 6.45) is 3.00. The Kier molecular flexibility index (Phi) is 7.96. The van der Waals surface area contributed by atoms with Gasteiger partial charge < -0.3 is 24.1 Å². The van der Waals surface area contributed by atoms with Gasteiger partial charge >= 0.3 is 6.09 Å². The third-order valence-corrected chi connectivity index (χ3v) is 7.03. The zero-order chi connectivity index (χ0) is 28.1. The van der Waals surface area contributed by atoms with Gasteiger partial charge in [0.25, 0.3) is 0 Å². The average molecular weight is 536 g/mol. The van der Waals surface area contributed by atoms with Crippen LogP contribution in [0.5, 0.6) is 0 Å². The molecule has 2 aromatic heterocycles. The monoisotopic (exact) mass is 535 g/mol. The number of nitrogens with zero attached hydrogens (tertiary/aromatic N) is 4. The summed E-state index contributed by atoms with van der Waals surface area (Å²) in [7, 11) is 0. The van der Waals surface area contributed by atoms with Gasteiger partial charge in [-0.2, -0.15) is 0 Å². The number of carbonyl (C=O) groups is 2.